The van der Waals surface area contributed by atoms with Crippen molar-refractivity contribution in [2.75, 3.05) is 17.3 Å². The maximum atomic E-state index is 5.86. The number of nitrogens with one attached hydrogen (secondary N) is 1. The molecule has 3 N–H and O–H groups in total. The summed E-state index contributed by atoms with van der Waals surface area (Å²) in [5, 5.41) is 4.54. The summed E-state index contributed by atoms with van der Waals surface area (Å²) in [6.45, 7) is 0. The summed E-state index contributed by atoms with van der Waals surface area (Å²) in [4.78, 5) is 4.23. The lowest BCUT2D eigenvalue weighted by Gasteiger charge is -2.20. The topological polar surface area (TPSA) is 50.9 Å². The van der Waals surface area contributed by atoms with E-state index in [-0.39, 0.29) is 0 Å². The number of thioether (sulfide) groups is 1. The molecule has 1 fully saturated rings. The van der Waals surface area contributed by atoms with E-state index in [1.165, 1.54) is 19.3 Å². The number of halogens is 1. The number of hydrogen-bond donors (Lipinski definition) is 2. The smallest absolute Gasteiger partial charge is 0.151 e. The van der Waals surface area contributed by atoms with Gasteiger partial charge in [-0.2, -0.15) is 11.8 Å². The van der Waals surface area contributed by atoms with Crippen LogP contribution in [0.25, 0.3) is 0 Å². The minimum atomic E-state index is 0.461. The van der Waals surface area contributed by atoms with Crippen LogP contribution in [-0.2, 0) is 0 Å². The highest BCUT2D eigenvalue weighted by molar-refractivity contribution is 7.99. The van der Waals surface area contributed by atoms with Crippen molar-refractivity contribution in [1.29, 1.82) is 0 Å². The zero-order chi connectivity index (χ0) is 11.5. The standard InChI is InChI=1S/C11H16ClN3S/c1-16-9-4-2-3-8(9)14-11-7(13)5-6-10(12)15-11/h5-6,8-9H,2-4,13H2,1H3,(H,14,15). The number of rotatable bonds is 3. The van der Waals surface area contributed by atoms with E-state index < -0.39 is 0 Å². The van der Waals surface area contributed by atoms with Gasteiger partial charge in [-0.15, -0.1) is 0 Å². The van der Waals surface area contributed by atoms with E-state index in [1.54, 1.807) is 12.1 Å². The maximum Gasteiger partial charge on any atom is 0.151 e. The average Bonchev–Trinajstić information content (AvgIpc) is 2.71. The Hall–Kier alpha value is -0.610. The van der Waals surface area contributed by atoms with Crippen LogP contribution >= 0.6 is 23.4 Å². The molecule has 1 saturated carbocycles. The van der Waals surface area contributed by atoms with Crippen LogP contribution in [0.15, 0.2) is 12.1 Å². The van der Waals surface area contributed by atoms with Crippen molar-refractivity contribution in [2.45, 2.75) is 30.6 Å². The first-order valence-electron chi connectivity index (χ1n) is 5.42. The van der Waals surface area contributed by atoms with Crippen LogP contribution in [0.5, 0.6) is 0 Å². The van der Waals surface area contributed by atoms with Gasteiger partial charge in [0, 0.05) is 11.3 Å². The van der Waals surface area contributed by atoms with E-state index in [2.05, 4.69) is 16.6 Å². The SMILES string of the molecule is CSC1CCCC1Nc1nc(Cl)ccc1N. The molecule has 1 aliphatic carbocycles. The molecule has 5 heteroatoms. The van der Waals surface area contributed by atoms with Crippen LogP contribution in [0, 0.1) is 0 Å². The van der Waals surface area contributed by atoms with Crippen LogP contribution in [0.4, 0.5) is 11.5 Å². The molecule has 16 heavy (non-hydrogen) atoms. The summed E-state index contributed by atoms with van der Waals surface area (Å²) < 4.78 is 0. The van der Waals surface area contributed by atoms with Gasteiger partial charge in [-0.25, -0.2) is 4.98 Å². The number of aromatic nitrogens is 1. The summed E-state index contributed by atoms with van der Waals surface area (Å²) in [5.74, 6) is 0.721. The van der Waals surface area contributed by atoms with Crippen LogP contribution < -0.4 is 11.1 Å². The minimum Gasteiger partial charge on any atom is -0.396 e. The van der Waals surface area contributed by atoms with Gasteiger partial charge in [0.1, 0.15) is 5.15 Å². The first-order chi connectivity index (χ1) is 7.70. The first-order valence-corrected chi connectivity index (χ1v) is 7.08. The Morgan fingerprint density at radius 3 is 3.06 bits per heavy atom. The Labute approximate surface area is 105 Å². The van der Waals surface area contributed by atoms with E-state index in [9.17, 15) is 0 Å². The largest absolute Gasteiger partial charge is 0.396 e. The van der Waals surface area contributed by atoms with Crippen molar-refractivity contribution in [3.05, 3.63) is 17.3 Å². The second kappa shape index (κ2) is 5.15. The molecule has 1 aromatic rings. The molecule has 1 aliphatic rings. The van der Waals surface area contributed by atoms with E-state index in [1.807, 2.05) is 11.8 Å². The molecule has 2 rings (SSSR count). The van der Waals surface area contributed by atoms with Crippen molar-refractivity contribution < 1.29 is 0 Å². The summed E-state index contributed by atoms with van der Waals surface area (Å²) in [7, 11) is 0. The Bertz CT molecular complexity index is 372. The van der Waals surface area contributed by atoms with Crippen LogP contribution in [0.3, 0.4) is 0 Å². The van der Waals surface area contributed by atoms with Crippen molar-refractivity contribution in [1.82, 2.24) is 4.98 Å². The van der Waals surface area contributed by atoms with Gasteiger partial charge in [0.25, 0.3) is 0 Å². The molecule has 88 valence electrons. The predicted molar refractivity (Wildman–Crippen MR) is 72.2 cm³/mol. The van der Waals surface area contributed by atoms with Gasteiger partial charge in [0.15, 0.2) is 5.82 Å². The monoisotopic (exact) mass is 257 g/mol. The molecule has 1 heterocycles. The molecule has 0 aliphatic heterocycles. The molecular formula is C11H16ClN3S. The second-order valence-electron chi connectivity index (χ2n) is 4.03. The van der Waals surface area contributed by atoms with Gasteiger partial charge in [0.05, 0.1) is 5.69 Å². The van der Waals surface area contributed by atoms with Gasteiger partial charge in [0.2, 0.25) is 0 Å². The van der Waals surface area contributed by atoms with Crippen LogP contribution in [0.1, 0.15) is 19.3 Å². The van der Waals surface area contributed by atoms with Crippen LogP contribution in [-0.4, -0.2) is 22.5 Å². The highest BCUT2D eigenvalue weighted by Gasteiger charge is 2.26. The lowest BCUT2D eigenvalue weighted by molar-refractivity contribution is 0.764. The van der Waals surface area contributed by atoms with Crippen molar-refractivity contribution in [3.8, 4) is 0 Å². The van der Waals surface area contributed by atoms with Crippen molar-refractivity contribution >= 4 is 34.9 Å². The third-order valence-electron chi connectivity index (χ3n) is 2.97. The van der Waals surface area contributed by atoms with Gasteiger partial charge < -0.3 is 11.1 Å². The van der Waals surface area contributed by atoms with E-state index in [0.29, 0.717) is 22.1 Å². The molecule has 0 bridgehead atoms. The van der Waals surface area contributed by atoms with Crippen molar-refractivity contribution in [2.24, 2.45) is 0 Å². The average molecular weight is 258 g/mol. The molecule has 0 saturated heterocycles. The molecule has 3 nitrogen and oxygen atoms in total. The van der Waals surface area contributed by atoms with Gasteiger partial charge in [-0.05, 0) is 31.2 Å². The molecule has 2 atom stereocenters. The fourth-order valence-electron chi connectivity index (χ4n) is 2.11. The lowest BCUT2D eigenvalue weighted by Crippen LogP contribution is -2.26. The highest BCUT2D eigenvalue weighted by Crippen LogP contribution is 2.31. The zero-order valence-electron chi connectivity index (χ0n) is 9.24. The Morgan fingerprint density at radius 2 is 2.31 bits per heavy atom. The fourth-order valence-corrected chi connectivity index (χ4v) is 3.19. The lowest BCUT2D eigenvalue weighted by atomic mass is 10.2. The summed E-state index contributed by atoms with van der Waals surface area (Å²) in [6, 6.07) is 3.96. The first kappa shape index (κ1) is 11.9. The maximum absolute atomic E-state index is 5.86. The number of pyridine rings is 1. The molecule has 1 aromatic heterocycles. The summed E-state index contributed by atoms with van der Waals surface area (Å²) in [6.07, 6.45) is 5.86. The third kappa shape index (κ3) is 2.55. The third-order valence-corrected chi connectivity index (χ3v) is 4.35. The van der Waals surface area contributed by atoms with Crippen molar-refractivity contribution in [3.63, 3.8) is 0 Å². The summed E-state index contributed by atoms with van der Waals surface area (Å²) in [5.41, 5.74) is 6.53. The highest BCUT2D eigenvalue weighted by atomic mass is 35.5. The van der Waals surface area contributed by atoms with Gasteiger partial charge in [-0.3, -0.25) is 0 Å². The number of nitrogens with two attached hydrogens (primary N) is 1. The number of hydrogen-bond acceptors (Lipinski definition) is 4. The number of nitrogens with zero attached hydrogens (tertiary/aromatic N) is 1. The van der Waals surface area contributed by atoms with E-state index in [4.69, 9.17) is 17.3 Å². The molecular weight excluding hydrogens is 242 g/mol. The molecule has 0 amide bonds. The van der Waals surface area contributed by atoms with Gasteiger partial charge >= 0.3 is 0 Å². The molecule has 0 radical (unpaired) electrons. The minimum absolute atomic E-state index is 0.461. The Morgan fingerprint density at radius 1 is 1.50 bits per heavy atom. The van der Waals surface area contributed by atoms with E-state index in [0.717, 1.165) is 5.82 Å². The quantitative estimate of drug-likeness (QED) is 0.818. The fraction of sp³-hybridized carbons (Fsp3) is 0.545. The molecule has 0 aromatic carbocycles. The predicted octanol–water partition coefficient (Wildman–Crippen LogP) is 3.01. The zero-order valence-corrected chi connectivity index (χ0v) is 10.8. The number of nitrogen functional groups attached to an aromatic ring is 1. The Kier molecular flexibility index (Phi) is 3.82. The summed E-state index contributed by atoms with van der Waals surface area (Å²) >= 11 is 7.77. The van der Waals surface area contributed by atoms with Gasteiger partial charge in [-0.1, -0.05) is 18.0 Å². The molecule has 2 unspecified atom stereocenters. The van der Waals surface area contributed by atoms with E-state index >= 15 is 0 Å². The van der Waals surface area contributed by atoms with Crippen LogP contribution in [0.2, 0.25) is 5.15 Å². The second-order valence-corrected chi connectivity index (χ2v) is 5.49. The molecule has 0 spiro atoms. The normalized spacial score (nSPS) is 24.6. The Balaban J connectivity index is 2.11. The number of anilines is 2.